The van der Waals surface area contributed by atoms with Crippen molar-refractivity contribution >= 4 is 22.9 Å². The van der Waals surface area contributed by atoms with Crippen molar-refractivity contribution in [3.8, 4) is 0 Å². The summed E-state index contributed by atoms with van der Waals surface area (Å²) in [5.41, 5.74) is 1.62. The second kappa shape index (κ2) is 6.46. The highest BCUT2D eigenvalue weighted by Crippen LogP contribution is 2.23. The third kappa shape index (κ3) is 3.75. The number of hydrogen-bond donors (Lipinski definition) is 1. The Morgan fingerprint density at radius 3 is 2.84 bits per heavy atom. The summed E-state index contributed by atoms with van der Waals surface area (Å²) in [7, 11) is 0. The lowest BCUT2D eigenvalue weighted by atomic mass is 10.0. The number of nitrogens with zero attached hydrogens (tertiary/aromatic N) is 1. The number of thiazole rings is 1. The van der Waals surface area contributed by atoms with Crippen molar-refractivity contribution in [2.75, 3.05) is 6.54 Å². The smallest absolute Gasteiger partial charge is 0.127 e. The quantitative estimate of drug-likeness (QED) is 0.897. The van der Waals surface area contributed by atoms with Crippen molar-refractivity contribution < 1.29 is 4.39 Å². The molecule has 0 fully saturated rings. The summed E-state index contributed by atoms with van der Waals surface area (Å²) in [5.74, 6) is -0.262. The molecule has 0 amide bonds. The van der Waals surface area contributed by atoms with Crippen LogP contribution in [0.4, 0.5) is 4.39 Å². The monoisotopic (exact) mass is 298 g/mol. The van der Waals surface area contributed by atoms with Crippen molar-refractivity contribution in [3.63, 3.8) is 0 Å². The lowest BCUT2D eigenvalue weighted by Crippen LogP contribution is -2.23. The van der Waals surface area contributed by atoms with Gasteiger partial charge in [-0.15, -0.1) is 11.3 Å². The van der Waals surface area contributed by atoms with Crippen molar-refractivity contribution in [2.24, 2.45) is 0 Å². The van der Waals surface area contributed by atoms with Crippen molar-refractivity contribution in [1.29, 1.82) is 0 Å². The van der Waals surface area contributed by atoms with Crippen LogP contribution in [-0.2, 0) is 6.42 Å². The Bertz CT molecular complexity index is 556. The zero-order valence-electron chi connectivity index (χ0n) is 10.9. The average molecular weight is 299 g/mol. The normalized spacial score (nSPS) is 12.6. The fourth-order valence-electron chi connectivity index (χ4n) is 1.98. The Morgan fingerprint density at radius 2 is 2.26 bits per heavy atom. The molecule has 0 bridgehead atoms. The molecule has 1 aromatic heterocycles. The molecule has 0 saturated carbocycles. The van der Waals surface area contributed by atoms with Crippen LogP contribution in [0.2, 0.25) is 5.02 Å². The van der Waals surface area contributed by atoms with Gasteiger partial charge in [0.15, 0.2) is 0 Å². The predicted octanol–water partition coefficient (Wildman–Crippen LogP) is 4.14. The summed E-state index contributed by atoms with van der Waals surface area (Å²) >= 11 is 7.38. The maximum absolute atomic E-state index is 13.8. The van der Waals surface area contributed by atoms with E-state index in [4.69, 9.17) is 11.6 Å². The number of rotatable bonds is 5. The first-order chi connectivity index (χ1) is 9.10. The van der Waals surface area contributed by atoms with Gasteiger partial charge in [-0.1, -0.05) is 24.6 Å². The minimum absolute atomic E-state index is 0.0330. The van der Waals surface area contributed by atoms with E-state index in [1.807, 2.05) is 19.2 Å². The zero-order valence-corrected chi connectivity index (χ0v) is 12.5. The van der Waals surface area contributed by atoms with Crippen LogP contribution < -0.4 is 5.32 Å². The standard InChI is InChI=1S/C14H16ClFN2S/c1-3-17-13(14-8-19-9(2)18-14)6-10-4-5-11(15)7-12(10)16/h4-5,7-8,13,17H,3,6H2,1-2H3. The molecule has 1 aromatic carbocycles. The third-order valence-electron chi connectivity index (χ3n) is 2.88. The van der Waals surface area contributed by atoms with Gasteiger partial charge in [-0.3, -0.25) is 0 Å². The molecule has 0 aliphatic heterocycles. The molecule has 0 aliphatic rings. The topological polar surface area (TPSA) is 24.9 Å². The van der Waals surface area contributed by atoms with Gasteiger partial charge < -0.3 is 5.32 Å². The highest BCUT2D eigenvalue weighted by atomic mass is 35.5. The summed E-state index contributed by atoms with van der Waals surface area (Å²) in [6.07, 6.45) is 0.569. The number of hydrogen-bond acceptors (Lipinski definition) is 3. The van der Waals surface area contributed by atoms with Crippen LogP contribution in [-0.4, -0.2) is 11.5 Å². The van der Waals surface area contributed by atoms with Crippen LogP contribution >= 0.6 is 22.9 Å². The number of benzene rings is 1. The minimum atomic E-state index is -0.262. The molecule has 2 nitrogen and oxygen atoms in total. The van der Waals surface area contributed by atoms with Crippen LogP contribution in [0.3, 0.4) is 0 Å². The van der Waals surface area contributed by atoms with Crippen molar-refractivity contribution in [1.82, 2.24) is 10.3 Å². The van der Waals surface area contributed by atoms with Gasteiger partial charge in [-0.2, -0.15) is 0 Å². The minimum Gasteiger partial charge on any atom is -0.309 e. The summed E-state index contributed by atoms with van der Waals surface area (Å²) < 4.78 is 13.8. The molecule has 2 aromatic rings. The van der Waals surface area contributed by atoms with Crippen LogP contribution in [0.15, 0.2) is 23.6 Å². The van der Waals surface area contributed by atoms with Gasteiger partial charge in [0.05, 0.1) is 16.7 Å². The first-order valence-electron chi connectivity index (χ1n) is 6.19. The van der Waals surface area contributed by atoms with E-state index in [1.165, 1.54) is 6.07 Å². The first kappa shape index (κ1) is 14.4. The molecule has 2 rings (SSSR count). The van der Waals surface area contributed by atoms with E-state index in [-0.39, 0.29) is 11.9 Å². The highest BCUT2D eigenvalue weighted by molar-refractivity contribution is 7.09. The van der Waals surface area contributed by atoms with Crippen molar-refractivity contribution in [2.45, 2.75) is 26.3 Å². The van der Waals surface area contributed by atoms with E-state index >= 15 is 0 Å². The van der Waals surface area contributed by atoms with Gasteiger partial charge in [0.2, 0.25) is 0 Å². The molecule has 1 unspecified atom stereocenters. The fraction of sp³-hybridized carbons (Fsp3) is 0.357. The summed E-state index contributed by atoms with van der Waals surface area (Å²) in [6, 6.07) is 4.84. The number of aryl methyl sites for hydroxylation is 1. The lowest BCUT2D eigenvalue weighted by Gasteiger charge is -2.16. The Morgan fingerprint density at radius 1 is 1.47 bits per heavy atom. The summed E-state index contributed by atoms with van der Waals surface area (Å²) in [5, 5.41) is 6.82. The van der Waals surface area contributed by atoms with Crippen LogP contribution in [0.25, 0.3) is 0 Å². The zero-order chi connectivity index (χ0) is 13.8. The largest absolute Gasteiger partial charge is 0.309 e. The lowest BCUT2D eigenvalue weighted by molar-refractivity contribution is 0.519. The van der Waals surface area contributed by atoms with E-state index in [9.17, 15) is 4.39 Å². The Kier molecular flexibility index (Phi) is 4.91. The SMILES string of the molecule is CCNC(Cc1ccc(Cl)cc1F)c1csc(C)n1. The maximum atomic E-state index is 13.8. The molecule has 1 atom stereocenters. The van der Waals surface area contributed by atoms with Gasteiger partial charge in [0.1, 0.15) is 5.82 Å². The van der Waals surface area contributed by atoms with Gasteiger partial charge >= 0.3 is 0 Å². The second-order valence-corrected chi connectivity index (χ2v) is 5.84. The third-order valence-corrected chi connectivity index (χ3v) is 3.91. The van der Waals surface area contributed by atoms with Gasteiger partial charge in [0, 0.05) is 10.4 Å². The first-order valence-corrected chi connectivity index (χ1v) is 7.45. The number of nitrogens with one attached hydrogen (secondary N) is 1. The number of aromatic nitrogens is 1. The molecular formula is C14H16ClFN2S. The maximum Gasteiger partial charge on any atom is 0.127 e. The molecule has 19 heavy (non-hydrogen) atoms. The summed E-state index contributed by atoms with van der Waals surface area (Å²) in [6.45, 7) is 4.82. The van der Waals surface area contributed by atoms with Crippen LogP contribution in [0, 0.1) is 12.7 Å². The molecule has 1 N–H and O–H groups in total. The molecule has 5 heteroatoms. The second-order valence-electron chi connectivity index (χ2n) is 4.34. The van der Waals surface area contributed by atoms with E-state index in [0.717, 1.165) is 17.2 Å². The van der Waals surface area contributed by atoms with Crippen LogP contribution in [0.5, 0.6) is 0 Å². The van der Waals surface area contributed by atoms with Crippen LogP contribution in [0.1, 0.15) is 29.2 Å². The Balaban J connectivity index is 2.21. The van der Waals surface area contributed by atoms with E-state index in [1.54, 1.807) is 23.5 Å². The molecule has 0 radical (unpaired) electrons. The molecule has 0 aliphatic carbocycles. The van der Waals surface area contributed by atoms with E-state index in [2.05, 4.69) is 10.3 Å². The molecule has 0 saturated heterocycles. The van der Waals surface area contributed by atoms with E-state index in [0.29, 0.717) is 17.0 Å². The number of likely N-dealkylation sites (N-methyl/N-ethyl adjacent to an activating group) is 1. The van der Waals surface area contributed by atoms with Crippen molar-refractivity contribution in [3.05, 3.63) is 50.7 Å². The highest BCUT2D eigenvalue weighted by Gasteiger charge is 2.16. The van der Waals surface area contributed by atoms with Gasteiger partial charge in [-0.25, -0.2) is 9.37 Å². The average Bonchev–Trinajstić information content (AvgIpc) is 2.78. The Labute approximate surface area is 121 Å². The van der Waals surface area contributed by atoms with Gasteiger partial charge in [0.25, 0.3) is 0 Å². The molecule has 102 valence electrons. The summed E-state index contributed by atoms with van der Waals surface area (Å²) in [4.78, 5) is 4.48. The van der Waals surface area contributed by atoms with E-state index < -0.39 is 0 Å². The number of halogens is 2. The molecular weight excluding hydrogens is 283 g/mol. The molecule has 1 heterocycles. The Hall–Kier alpha value is -0.970. The predicted molar refractivity (Wildman–Crippen MR) is 78.4 cm³/mol. The fourth-order valence-corrected chi connectivity index (χ4v) is 2.80. The molecule has 0 spiro atoms. The van der Waals surface area contributed by atoms with Gasteiger partial charge in [-0.05, 0) is 37.6 Å².